The van der Waals surface area contributed by atoms with Crippen molar-refractivity contribution in [3.05, 3.63) is 11.6 Å². The monoisotopic (exact) mass is 334 g/mol. The van der Waals surface area contributed by atoms with Crippen molar-refractivity contribution in [2.75, 3.05) is 0 Å². The molecule has 0 radical (unpaired) electrons. The molecule has 4 rings (SSSR count). The lowest BCUT2D eigenvalue weighted by molar-refractivity contribution is -0.139. The van der Waals surface area contributed by atoms with Crippen LogP contribution in [0.4, 0.5) is 0 Å². The first-order valence-corrected chi connectivity index (χ1v) is 9.90. The van der Waals surface area contributed by atoms with Gasteiger partial charge in [-0.1, -0.05) is 32.4 Å². The Labute approximate surface area is 146 Å². The molecule has 136 valence electrons. The summed E-state index contributed by atoms with van der Waals surface area (Å²) in [7, 11) is 0. The second-order valence-electron chi connectivity index (χ2n) is 10.2. The first-order valence-electron chi connectivity index (χ1n) is 9.90. The van der Waals surface area contributed by atoms with Crippen LogP contribution in [0.2, 0.25) is 0 Å². The van der Waals surface area contributed by atoms with Crippen molar-refractivity contribution >= 4 is 0 Å². The Morgan fingerprint density at radius 2 is 1.75 bits per heavy atom. The fourth-order valence-corrected chi connectivity index (χ4v) is 7.33. The summed E-state index contributed by atoms with van der Waals surface area (Å²) in [5, 5.41) is 32.4. The Morgan fingerprint density at radius 1 is 1.04 bits per heavy atom. The Hall–Kier alpha value is -0.380. The van der Waals surface area contributed by atoms with Crippen LogP contribution < -0.4 is 0 Å². The van der Waals surface area contributed by atoms with Gasteiger partial charge in [-0.15, -0.1) is 0 Å². The van der Waals surface area contributed by atoms with E-state index in [1.165, 1.54) is 5.57 Å². The van der Waals surface area contributed by atoms with E-state index in [4.69, 9.17) is 0 Å². The quantitative estimate of drug-likeness (QED) is 0.596. The van der Waals surface area contributed by atoms with Crippen LogP contribution in [0.5, 0.6) is 0 Å². The second kappa shape index (κ2) is 5.08. The molecule has 7 unspecified atom stereocenters. The molecule has 0 spiro atoms. The molecule has 0 aromatic rings. The van der Waals surface area contributed by atoms with Crippen molar-refractivity contribution in [3.8, 4) is 0 Å². The Morgan fingerprint density at radius 3 is 2.46 bits per heavy atom. The molecule has 3 heteroatoms. The summed E-state index contributed by atoms with van der Waals surface area (Å²) >= 11 is 0. The molecule has 3 N–H and O–H groups in total. The van der Waals surface area contributed by atoms with E-state index >= 15 is 0 Å². The molecule has 0 aromatic carbocycles. The highest BCUT2D eigenvalue weighted by molar-refractivity contribution is 5.31. The molecule has 0 bridgehead atoms. The topological polar surface area (TPSA) is 60.7 Å². The van der Waals surface area contributed by atoms with Crippen molar-refractivity contribution < 1.29 is 15.3 Å². The van der Waals surface area contributed by atoms with E-state index in [2.05, 4.69) is 26.8 Å². The Bertz CT molecular complexity index is 567. The molecule has 3 saturated carbocycles. The van der Waals surface area contributed by atoms with E-state index in [0.717, 1.165) is 38.5 Å². The van der Waals surface area contributed by atoms with Crippen LogP contribution in [-0.4, -0.2) is 33.1 Å². The van der Waals surface area contributed by atoms with E-state index in [9.17, 15) is 15.3 Å². The van der Waals surface area contributed by atoms with Gasteiger partial charge in [0.2, 0.25) is 0 Å². The maximum absolute atomic E-state index is 11.4. The summed E-state index contributed by atoms with van der Waals surface area (Å²) in [4.78, 5) is 0. The van der Waals surface area contributed by atoms with Crippen LogP contribution >= 0.6 is 0 Å². The number of hydrogen-bond acceptors (Lipinski definition) is 3. The molecule has 3 nitrogen and oxygen atoms in total. The zero-order valence-electron chi connectivity index (χ0n) is 15.6. The molecule has 0 saturated heterocycles. The predicted octanol–water partition coefficient (Wildman–Crippen LogP) is 3.28. The number of rotatable bonds is 0. The van der Waals surface area contributed by atoms with Crippen molar-refractivity contribution in [3.63, 3.8) is 0 Å². The highest BCUT2D eigenvalue weighted by Crippen LogP contribution is 2.67. The van der Waals surface area contributed by atoms with Gasteiger partial charge in [-0.2, -0.15) is 0 Å². The lowest BCUT2D eigenvalue weighted by Crippen LogP contribution is -2.59. The highest BCUT2D eigenvalue weighted by atomic mass is 16.3. The largest absolute Gasteiger partial charge is 0.393 e. The molecule has 24 heavy (non-hydrogen) atoms. The van der Waals surface area contributed by atoms with Crippen LogP contribution in [-0.2, 0) is 0 Å². The van der Waals surface area contributed by atoms with Gasteiger partial charge >= 0.3 is 0 Å². The minimum absolute atomic E-state index is 0.0551. The summed E-state index contributed by atoms with van der Waals surface area (Å²) in [6, 6.07) is 0. The van der Waals surface area contributed by atoms with Crippen LogP contribution in [0.25, 0.3) is 0 Å². The molecule has 3 fully saturated rings. The molecule has 0 aromatic heterocycles. The van der Waals surface area contributed by atoms with Gasteiger partial charge < -0.3 is 15.3 Å². The lowest BCUT2D eigenvalue weighted by Gasteiger charge is -2.61. The van der Waals surface area contributed by atoms with E-state index in [0.29, 0.717) is 17.8 Å². The molecule has 9 atom stereocenters. The summed E-state index contributed by atoms with van der Waals surface area (Å²) in [6.45, 7) is 8.76. The van der Waals surface area contributed by atoms with Crippen LogP contribution in [0.15, 0.2) is 11.6 Å². The van der Waals surface area contributed by atoms with Gasteiger partial charge in [-0.25, -0.2) is 0 Å². The third-order valence-electron chi connectivity index (χ3n) is 8.69. The van der Waals surface area contributed by atoms with Crippen molar-refractivity contribution in [2.45, 2.75) is 84.0 Å². The molecule has 0 amide bonds. The van der Waals surface area contributed by atoms with Gasteiger partial charge in [0.25, 0.3) is 0 Å². The number of fused-ring (bicyclic) bond motifs is 5. The number of aliphatic hydroxyl groups is 3. The smallest absolute Gasteiger partial charge is 0.0836 e. The van der Waals surface area contributed by atoms with E-state index in [-0.39, 0.29) is 29.0 Å². The van der Waals surface area contributed by atoms with Crippen molar-refractivity contribution in [1.29, 1.82) is 0 Å². The SMILES string of the molecule is C[C@@H]1CC2C3C(CCC2(C)C1O)C1(C)CCC(O)CC1=C[C@]3(C)O. The summed E-state index contributed by atoms with van der Waals surface area (Å²) in [5.41, 5.74) is 0.514. The Balaban J connectivity index is 1.79. The zero-order chi connectivity index (χ0) is 17.5. The Kier molecular flexibility index (Phi) is 3.61. The third kappa shape index (κ3) is 2.07. The van der Waals surface area contributed by atoms with Gasteiger partial charge in [0.1, 0.15) is 0 Å². The normalized spacial score (nSPS) is 60.0. The lowest BCUT2D eigenvalue weighted by atomic mass is 9.45. The molecular formula is C21H34O3. The standard InChI is InChI=1S/C21H34O3/c1-12-9-16-17-15(6-8-20(16,3)18(12)23)19(2)7-5-14(22)10-13(19)11-21(17,4)24/h11-12,14-18,22-24H,5-10H2,1-4H3/t12-,14?,15?,16?,17?,18?,19?,20?,21+/m1/s1. The number of aliphatic hydroxyl groups excluding tert-OH is 2. The molecule has 4 aliphatic rings. The van der Waals surface area contributed by atoms with Crippen molar-refractivity contribution in [2.24, 2.45) is 34.5 Å². The summed E-state index contributed by atoms with van der Waals surface area (Å²) in [5.74, 6) is 1.40. The first kappa shape index (κ1) is 17.1. The van der Waals surface area contributed by atoms with Gasteiger partial charge in [-0.05, 0) is 80.0 Å². The van der Waals surface area contributed by atoms with Gasteiger partial charge in [-0.3, -0.25) is 0 Å². The molecular weight excluding hydrogens is 300 g/mol. The second-order valence-corrected chi connectivity index (χ2v) is 10.2. The average Bonchev–Trinajstić information content (AvgIpc) is 2.72. The zero-order valence-corrected chi connectivity index (χ0v) is 15.6. The van der Waals surface area contributed by atoms with E-state index in [1.54, 1.807) is 0 Å². The first-order chi connectivity index (χ1) is 11.1. The van der Waals surface area contributed by atoms with Gasteiger partial charge in [0, 0.05) is 0 Å². The maximum atomic E-state index is 11.4. The molecule has 4 aliphatic carbocycles. The fourth-order valence-electron chi connectivity index (χ4n) is 7.33. The van der Waals surface area contributed by atoms with Crippen LogP contribution in [0.3, 0.4) is 0 Å². The van der Waals surface area contributed by atoms with Gasteiger partial charge in [0.05, 0.1) is 17.8 Å². The highest BCUT2D eigenvalue weighted by Gasteiger charge is 2.64. The number of hydrogen-bond donors (Lipinski definition) is 3. The minimum atomic E-state index is -0.827. The molecule has 0 aliphatic heterocycles. The fraction of sp³-hybridized carbons (Fsp3) is 0.905. The minimum Gasteiger partial charge on any atom is -0.393 e. The van der Waals surface area contributed by atoms with Crippen molar-refractivity contribution in [1.82, 2.24) is 0 Å². The maximum Gasteiger partial charge on any atom is 0.0836 e. The third-order valence-corrected chi connectivity index (χ3v) is 8.69. The average molecular weight is 335 g/mol. The van der Waals surface area contributed by atoms with E-state index in [1.807, 2.05) is 6.92 Å². The van der Waals surface area contributed by atoms with E-state index < -0.39 is 5.60 Å². The predicted molar refractivity (Wildman–Crippen MR) is 94.3 cm³/mol. The summed E-state index contributed by atoms with van der Waals surface area (Å²) in [6.07, 6.45) is 7.39. The van der Waals surface area contributed by atoms with Gasteiger partial charge in [0.15, 0.2) is 0 Å². The molecule has 0 heterocycles. The van der Waals surface area contributed by atoms with Crippen LogP contribution in [0, 0.1) is 34.5 Å². The summed E-state index contributed by atoms with van der Waals surface area (Å²) < 4.78 is 0. The van der Waals surface area contributed by atoms with Crippen LogP contribution in [0.1, 0.15) is 66.2 Å².